The molecular weight excluding hydrogens is 360 g/mol. The fourth-order valence-corrected chi connectivity index (χ4v) is 4.04. The first kappa shape index (κ1) is 22.1. The van der Waals surface area contributed by atoms with E-state index < -0.39 is 0 Å². The van der Waals surface area contributed by atoms with Crippen molar-refractivity contribution in [2.75, 3.05) is 33.9 Å². The van der Waals surface area contributed by atoms with Crippen LogP contribution in [0.2, 0.25) is 0 Å². The number of guanidine groups is 1. The van der Waals surface area contributed by atoms with Gasteiger partial charge in [0.05, 0.1) is 18.3 Å². The summed E-state index contributed by atoms with van der Waals surface area (Å²) >= 11 is 1.65. The number of hydrogen-bond donors (Lipinski definition) is 1. The molecule has 1 unspecified atom stereocenters. The van der Waals surface area contributed by atoms with Crippen molar-refractivity contribution in [3.63, 3.8) is 0 Å². The Labute approximate surface area is 168 Å². The fraction of sp³-hybridized carbons (Fsp3) is 0.800. The van der Waals surface area contributed by atoms with Gasteiger partial charge in [-0.05, 0) is 33.1 Å². The number of rotatable bonds is 10. The maximum absolute atomic E-state index is 5.99. The van der Waals surface area contributed by atoms with E-state index in [9.17, 15) is 0 Å². The molecule has 0 aromatic carbocycles. The van der Waals surface area contributed by atoms with Crippen LogP contribution < -0.4 is 5.32 Å². The molecule has 0 radical (unpaired) electrons. The Morgan fingerprint density at radius 2 is 2.19 bits per heavy atom. The molecule has 1 saturated carbocycles. The highest BCUT2D eigenvalue weighted by atomic mass is 32.1. The predicted molar refractivity (Wildman–Crippen MR) is 112 cm³/mol. The summed E-state index contributed by atoms with van der Waals surface area (Å²) in [4.78, 5) is 11.6. The quantitative estimate of drug-likeness (QED) is 0.368. The molecule has 1 heterocycles. The minimum absolute atomic E-state index is 0.0418. The number of aliphatic imine (C=N–C) groups is 1. The van der Waals surface area contributed by atoms with Gasteiger partial charge in [-0.15, -0.1) is 11.3 Å². The highest BCUT2D eigenvalue weighted by Crippen LogP contribution is 2.21. The van der Waals surface area contributed by atoms with Crippen molar-refractivity contribution in [3.05, 3.63) is 16.1 Å². The van der Waals surface area contributed by atoms with Gasteiger partial charge < -0.3 is 19.7 Å². The van der Waals surface area contributed by atoms with Crippen LogP contribution in [0.15, 0.2) is 10.4 Å². The third kappa shape index (κ3) is 7.76. The van der Waals surface area contributed by atoms with E-state index in [-0.39, 0.29) is 6.10 Å². The molecular formula is C20H36N4O2S. The number of aromatic nitrogens is 1. The fourth-order valence-electron chi connectivity index (χ4n) is 3.20. The molecule has 0 aliphatic heterocycles. The minimum Gasteiger partial charge on any atom is -0.378 e. The molecule has 154 valence electrons. The highest BCUT2D eigenvalue weighted by molar-refractivity contribution is 7.09. The smallest absolute Gasteiger partial charge is 0.194 e. The molecule has 7 heteroatoms. The van der Waals surface area contributed by atoms with Crippen molar-refractivity contribution in [1.29, 1.82) is 0 Å². The van der Waals surface area contributed by atoms with E-state index in [0.717, 1.165) is 49.3 Å². The molecule has 1 aromatic heterocycles. The number of thiazole rings is 1. The van der Waals surface area contributed by atoms with E-state index in [0.29, 0.717) is 6.10 Å². The van der Waals surface area contributed by atoms with Gasteiger partial charge in [0.1, 0.15) is 11.1 Å². The van der Waals surface area contributed by atoms with Gasteiger partial charge in [-0.1, -0.05) is 19.3 Å². The monoisotopic (exact) mass is 396 g/mol. The third-order valence-corrected chi connectivity index (χ3v) is 5.89. The first-order valence-corrected chi connectivity index (χ1v) is 11.1. The summed E-state index contributed by atoms with van der Waals surface area (Å²) in [5.74, 6) is 0.921. The predicted octanol–water partition coefficient (Wildman–Crippen LogP) is 3.99. The number of methoxy groups -OCH3 is 1. The molecule has 0 saturated heterocycles. The number of hydrogen-bond acceptors (Lipinski definition) is 5. The van der Waals surface area contributed by atoms with Crippen LogP contribution in [0.5, 0.6) is 0 Å². The summed E-state index contributed by atoms with van der Waals surface area (Å²) in [7, 11) is 3.77. The molecule has 27 heavy (non-hydrogen) atoms. The average Bonchev–Trinajstić information content (AvgIpc) is 3.15. The van der Waals surface area contributed by atoms with Crippen LogP contribution in [-0.2, 0) is 16.0 Å². The average molecular weight is 397 g/mol. The van der Waals surface area contributed by atoms with Crippen molar-refractivity contribution >= 4 is 17.3 Å². The molecule has 1 N–H and O–H groups in total. The number of nitrogens with zero attached hydrogens (tertiary/aromatic N) is 3. The lowest BCUT2D eigenvalue weighted by atomic mass is 9.98. The van der Waals surface area contributed by atoms with E-state index in [1.165, 1.54) is 32.1 Å². The van der Waals surface area contributed by atoms with Crippen molar-refractivity contribution in [2.45, 2.75) is 71.1 Å². The van der Waals surface area contributed by atoms with E-state index >= 15 is 0 Å². The van der Waals surface area contributed by atoms with Crippen molar-refractivity contribution < 1.29 is 9.47 Å². The van der Waals surface area contributed by atoms with Crippen LogP contribution >= 0.6 is 11.3 Å². The summed E-state index contributed by atoms with van der Waals surface area (Å²) in [6.45, 7) is 7.29. The van der Waals surface area contributed by atoms with Crippen molar-refractivity contribution in [3.8, 4) is 0 Å². The molecule has 0 spiro atoms. The summed E-state index contributed by atoms with van der Waals surface area (Å²) in [6, 6.07) is 0. The van der Waals surface area contributed by atoms with E-state index in [1.807, 2.05) is 6.92 Å². The van der Waals surface area contributed by atoms with Gasteiger partial charge in [-0.25, -0.2) is 4.98 Å². The van der Waals surface area contributed by atoms with Gasteiger partial charge in [0, 0.05) is 39.2 Å². The second-order valence-electron chi connectivity index (χ2n) is 7.13. The van der Waals surface area contributed by atoms with Gasteiger partial charge in [0.2, 0.25) is 0 Å². The number of ether oxygens (including phenoxy) is 2. The minimum atomic E-state index is 0.0418. The third-order valence-electron chi connectivity index (χ3n) is 4.84. The summed E-state index contributed by atoms with van der Waals surface area (Å²) in [6.07, 6.45) is 7.95. The molecule has 6 nitrogen and oxygen atoms in total. The number of nitrogens with one attached hydrogen (secondary N) is 1. The van der Waals surface area contributed by atoms with Crippen molar-refractivity contribution in [1.82, 2.24) is 15.2 Å². The Kier molecular flexibility index (Phi) is 10.1. The SMILES string of the molecule is CCNC(=NCCCOC1CCCCC1)N(C)Cc1csc(C(C)OC)n1. The van der Waals surface area contributed by atoms with Gasteiger partial charge in [0.25, 0.3) is 0 Å². The zero-order valence-electron chi connectivity index (χ0n) is 17.4. The molecule has 1 aliphatic rings. The Bertz CT molecular complexity index is 558. The lowest BCUT2D eigenvalue weighted by Gasteiger charge is -2.22. The summed E-state index contributed by atoms with van der Waals surface area (Å²) in [5.41, 5.74) is 1.05. The highest BCUT2D eigenvalue weighted by Gasteiger charge is 2.14. The maximum atomic E-state index is 5.99. The zero-order chi connectivity index (χ0) is 19.5. The molecule has 1 aliphatic carbocycles. The van der Waals surface area contributed by atoms with Crippen LogP contribution in [0.3, 0.4) is 0 Å². The van der Waals surface area contributed by atoms with Crippen LogP contribution in [0.4, 0.5) is 0 Å². The van der Waals surface area contributed by atoms with Crippen LogP contribution in [-0.4, -0.2) is 55.8 Å². The Morgan fingerprint density at radius 1 is 1.41 bits per heavy atom. The molecule has 0 amide bonds. The standard InChI is InChI=1S/C20H36N4O2S/c1-5-21-20(22-12-9-13-26-18-10-7-6-8-11-18)24(3)14-17-15-27-19(23-17)16(2)25-4/h15-16,18H,5-14H2,1-4H3,(H,21,22). The van der Waals surface area contributed by atoms with Gasteiger partial charge in [-0.2, -0.15) is 0 Å². The normalized spacial score (nSPS) is 17.1. The Morgan fingerprint density at radius 3 is 2.89 bits per heavy atom. The Balaban J connectivity index is 1.77. The van der Waals surface area contributed by atoms with Crippen LogP contribution in [0, 0.1) is 0 Å². The molecule has 1 atom stereocenters. The first-order valence-electron chi connectivity index (χ1n) is 10.2. The second kappa shape index (κ2) is 12.3. The largest absolute Gasteiger partial charge is 0.378 e. The summed E-state index contributed by atoms with van der Waals surface area (Å²) < 4.78 is 11.3. The second-order valence-corrected chi connectivity index (χ2v) is 8.02. The van der Waals surface area contributed by atoms with E-state index in [1.54, 1.807) is 18.4 Å². The van der Waals surface area contributed by atoms with Crippen LogP contribution in [0.1, 0.15) is 69.2 Å². The first-order chi connectivity index (χ1) is 13.1. The molecule has 1 aromatic rings. The summed E-state index contributed by atoms with van der Waals surface area (Å²) in [5, 5.41) is 6.49. The molecule has 1 fully saturated rings. The molecule has 2 rings (SSSR count). The topological polar surface area (TPSA) is 59.0 Å². The zero-order valence-corrected chi connectivity index (χ0v) is 18.2. The van der Waals surface area contributed by atoms with Gasteiger partial charge >= 0.3 is 0 Å². The Hall–Kier alpha value is -1.18. The maximum Gasteiger partial charge on any atom is 0.194 e. The molecule has 0 bridgehead atoms. The van der Waals surface area contributed by atoms with Gasteiger partial charge in [-0.3, -0.25) is 4.99 Å². The van der Waals surface area contributed by atoms with Crippen LogP contribution in [0.25, 0.3) is 0 Å². The van der Waals surface area contributed by atoms with E-state index in [4.69, 9.17) is 14.5 Å². The van der Waals surface area contributed by atoms with E-state index in [2.05, 4.69) is 34.6 Å². The lowest BCUT2D eigenvalue weighted by molar-refractivity contribution is 0.0281. The van der Waals surface area contributed by atoms with Crippen molar-refractivity contribution in [2.24, 2.45) is 4.99 Å². The lowest BCUT2D eigenvalue weighted by Crippen LogP contribution is -2.38. The van der Waals surface area contributed by atoms with Gasteiger partial charge in [0.15, 0.2) is 5.96 Å².